The number of nitrogens with zero attached hydrogens (tertiary/aromatic N) is 3. The van der Waals surface area contributed by atoms with Gasteiger partial charge in [-0.05, 0) is 59.9 Å². The molecule has 0 radical (unpaired) electrons. The molecule has 0 aromatic heterocycles. The Labute approximate surface area is 242 Å². The average Bonchev–Trinajstić information content (AvgIpc) is 3.24. The number of hydrogen-bond donors (Lipinski definition) is 2. The summed E-state index contributed by atoms with van der Waals surface area (Å²) in [6.45, 7) is 0. The Hall–Kier alpha value is -3.41. The first-order valence-electron chi connectivity index (χ1n) is 12.1. The lowest BCUT2D eigenvalue weighted by molar-refractivity contribution is -0.274. The van der Waals surface area contributed by atoms with E-state index in [1.807, 2.05) is 30.3 Å². The van der Waals surface area contributed by atoms with E-state index >= 15 is 0 Å². The molecule has 1 aliphatic carbocycles. The van der Waals surface area contributed by atoms with Gasteiger partial charge < -0.3 is 10.1 Å². The molecule has 0 bridgehead atoms. The minimum atomic E-state index is -4.73. The monoisotopic (exact) mass is 607 g/mol. The molecule has 40 heavy (non-hydrogen) atoms. The SMILES string of the molecule is CN1N=C2c3ccc(/C=N/SNC(=O)Nc4c(Cl)cccc4Cl)cc3CCC2C1c1ccc(OC(F)(F)F)cc1. The average molecular weight is 608 g/mol. The number of nitrogens with one attached hydrogen (secondary N) is 2. The van der Waals surface area contributed by atoms with Crippen molar-refractivity contribution >= 4 is 59.0 Å². The third kappa shape index (κ3) is 6.32. The first-order chi connectivity index (χ1) is 19.1. The second kappa shape index (κ2) is 11.6. The predicted molar refractivity (Wildman–Crippen MR) is 152 cm³/mol. The number of para-hydroxylation sites is 1. The number of fused-ring (bicyclic) bond motifs is 3. The zero-order valence-corrected chi connectivity index (χ0v) is 23.2. The molecular weight excluding hydrogens is 586 g/mol. The van der Waals surface area contributed by atoms with Crippen LogP contribution >= 0.6 is 35.3 Å². The summed E-state index contributed by atoms with van der Waals surface area (Å²) < 4.78 is 48.3. The lowest BCUT2D eigenvalue weighted by Crippen LogP contribution is -2.27. The van der Waals surface area contributed by atoms with Crippen molar-refractivity contribution in [2.24, 2.45) is 15.4 Å². The largest absolute Gasteiger partial charge is 0.573 e. The molecule has 2 N–H and O–H groups in total. The van der Waals surface area contributed by atoms with E-state index in [0.29, 0.717) is 15.7 Å². The Morgan fingerprint density at radius 1 is 1.15 bits per heavy atom. The molecule has 0 spiro atoms. The van der Waals surface area contributed by atoms with Gasteiger partial charge in [0.2, 0.25) is 0 Å². The maximum absolute atomic E-state index is 12.5. The molecule has 13 heteroatoms. The van der Waals surface area contributed by atoms with Crippen LogP contribution in [0.4, 0.5) is 23.7 Å². The lowest BCUT2D eigenvalue weighted by atomic mass is 9.77. The van der Waals surface area contributed by atoms with Crippen molar-refractivity contribution in [3.05, 3.63) is 93.0 Å². The van der Waals surface area contributed by atoms with Gasteiger partial charge in [0.25, 0.3) is 0 Å². The van der Waals surface area contributed by atoms with Gasteiger partial charge in [0.15, 0.2) is 0 Å². The van der Waals surface area contributed by atoms with Crippen LogP contribution in [0, 0.1) is 5.92 Å². The maximum atomic E-state index is 12.5. The number of halogens is 5. The van der Waals surface area contributed by atoms with Crippen molar-refractivity contribution in [3.63, 3.8) is 0 Å². The summed E-state index contributed by atoms with van der Waals surface area (Å²) >= 11 is 13.0. The number of hydrogen-bond acceptors (Lipinski definition) is 6. The highest BCUT2D eigenvalue weighted by Gasteiger charge is 2.40. The maximum Gasteiger partial charge on any atom is 0.573 e. The molecule has 0 saturated carbocycles. The number of urea groups is 1. The van der Waals surface area contributed by atoms with Crippen LogP contribution in [-0.4, -0.2) is 36.4 Å². The van der Waals surface area contributed by atoms with Crippen LogP contribution in [0.5, 0.6) is 5.75 Å². The van der Waals surface area contributed by atoms with E-state index in [4.69, 9.17) is 28.3 Å². The smallest absolute Gasteiger partial charge is 0.406 e. The number of aryl methyl sites for hydroxylation is 1. The van der Waals surface area contributed by atoms with Gasteiger partial charge in [-0.15, -0.1) is 13.2 Å². The number of hydrazone groups is 1. The molecule has 1 heterocycles. The Morgan fingerprint density at radius 2 is 1.88 bits per heavy atom. The molecule has 2 aliphatic rings. The van der Waals surface area contributed by atoms with E-state index in [-0.39, 0.29) is 17.7 Å². The van der Waals surface area contributed by atoms with E-state index in [9.17, 15) is 18.0 Å². The topological polar surface area (TPSA) is 78.3 Å². The van der Waals surface area contributed by atoms with Gasteiger partial charge in [0.1, 0.15) is 5.75 Å². The minimum Gasteiger partial charge on any atom is -0.406 e. The van der Waals surface area contributed by atoms with Crippen LogP contribution in [0.2, 0.25) is 10.0 Å². The molecule has 3 aromatic rings. The van der Waals surface area contributed by atoms with E-state index in [0.717, 1.165) is 52.9 Å². The van der Waals surface area contributed by atoms with Crippen LogP contribution in [0.25, 0.3) is 0 Å². The second-order valence-electron chi connectivity index (χ2n) is 9.16. The third-order valence-electron chi connectivity index (χ3n) is 6.58. The Balaban J connectivity index is 1.21. The fraction of sp³-hybridized carbons (Fsp3) is 0.222. The van der Waals surface area contributed by atoms with Crippen LogP contribution < -0.4 is 14.8 Å². The number of benzene rings is 3. The highest BCUT2D eigenvalue weighted by molar-refractivity contribution is 7.96. The van der Waals surface area contributed by atoms with Gasteiger partial charge in [-0.25, -0.2) is 9.19 Å². The summed E-state index contributed by atoms with van der Waals surface area (Å²) in [5, 5.41) is 9.90. The zero-order valence-electron chi connectivity index (χ0n) is 20.9. The van der Waals surface area contributed by atoms with Crippen molar-refractivity contribution in [1.29, 1.82) is 0 Å². The summed E-state index contributed by atoms with van der Waals surface area (Å²) in [7, 11) is 1.87. The van der Waals surface area contributed by atoms with Crippen LogP contribution in [0.3, 0.4) is 0 Å². The third-order valence-corrected chi connectivity index (χ3v) is 7.70. The summed E-state index contributed by atoms with van der Waals surface area (Å²) in [5.74, 6) is -0.142. The van der Waals surface area contributed by atoms with Crippen LogP contribution in [-0.2, 0) is 6.42 Å². The standard InChI is InChI=1S/C27H22Cl2F3N5O2S/c1-37-25(16-6-9-18(10-7-16)39-27(30,31)32)20-12-8-17-13-15(5-11-19(17)23(20)35-37)14-33-40-36-26(38)34-24-21(28)3-2-4-22(24)29/h2-7,9-11,13-14,20,25H,8,12H2,1H3,(H2,34,36,38)/b33-14+. The molecule has 5 rings (SSSR count). The summed E-state index contributed by atoms with van der Waals surface area (Å²) in [4.78, 5) is 12.2. The molecular formula is C27H22Cl2F3N5O2S. The first kappa shape index (κ1) is 28.1. The number of rotatable bonds is 6. The highest BCUT2D eigenvalue weighted by Crippen LogP contribution is 2.43. The summed E-state index contributed by atoms with van der Waals surface area (Å²) in [5.41, 5.74) is 5.19. The first-order valence-corrected chi connectivity index (χ1v) is 13.6. The summed E-state index contributed by atoms with van der Waals surface area (Å²) in [6, 6.07) is 16.3. The molecule has 2 unspecified atom stereocenters. The zero-order chi connectivity index (χ0) is 28.4. The van der Waals surface area contributed by atoms with Gasteiger partial charge in [-0.1, -0.05) is 53.5 Å². The number of carbonyl (C=O) groups is 1. The summed E-state index contributed by atoms with van der Waals surface area (Å²) in [6.07, 6.45) is -1.43. The minimum absolute atomic E-state index is 0.0846. The Bertz CT molecular complexity index is 1460. The van der Waals surface area contributed by atoms with Crippen molar-refractivity contribution < 1.29 is 22.7 Å². The van der Waals surface area contributed by atoms with Gasteiger partial charge >= 0.3 is 12.4 Å². The molecule has 1 aliphatic heterocycles. The lowest BCUT2D eigenvalue weighted by Gasteiger charge is -2.29. The fourth-order valence-corrected chi connectivity index (χ4v) is 5.81. The molecule has 7 nitrogen and oxygen atoms in total. The quantitative estimate of drug-likeness (QED) is 0.223. The number of amides is 2. The van der Waals surface area contributed by atoms with E-state index in [1.54, 1.807) is 36.5 Å². The fourth-order valence-electron chi connectivity index (χ4n) is 4.95. The molecule has 0 fully saturated rings. The number of ether oxygens (including phenoxy) is 1. The van der Waals surface area contributed by atoms with Crippen molar-refractivity contribution in [3.8, 4) is 5.75 Å². The van der Waals surface area contributed by atoms with Crippen LogP contribution in [0.1, 0.15) is 34.7 Å². The van der Waals surface area contributed by atoms with E-state index < -0.39 is 12.4 Å². The van der Waals surface area contributed by atoms with E-state index in [2.05, 4.69) is 19.2 Å². The molecule has 2 amide bonds. The normalized spacial score (nSPS) is 18.2. The number of carbonyl (C=O) groups excluding carboxylic acids is 1. The molecule has 0 saturated heterocycles. The van der Waals surface area contributed by atoms with E-state index in [1.165, 1.54) is 12.1 Å². The molecule has 208 valence electrons. The second-order valence-corrected chi connectivity index (χ2v) is 10.6. The van der Waals surface area contributed by atoms with Crippen molar-refractivity contribution in [2.75, 3.05) is 12.4 Å². The highest BCUT2D eigenvalue weighted by atomic mass is 35.5. The van der Waals surface area contributed by atoms with Crippen molar-refractivity contribution in [2.45, 2.75) is 25.2 Å². The number of alkyl halides is 3. The van der Waals surface area contributed by atoms with Gasteiger partial charge in [-0.3, -0.25) is 9.73 Å². The Morgan fingerprint density at radius 3 is 2.58 bits per heavy atom. The Kier molecular flexibility index (Phi) is 8.16. The number of anilines is 1. The van der Waals surface area contributed by atoms with Gasteiger partial charge in [0, 0.05) is 24.7 Å². The van der Waals surface area contributed by atoms with Crippen molar-refractivity contribution in [1.82, 2.24) is 9.73 Å². The molecule has 3 aromatic carbocycles. The molecule has 2 atom stereocenters. The van der Waals surface area contributed by atoms with Gasteiger partial charge in [0.05, 0.1) is 39.6 Å². The van der Waals surface area contributed by atoms with Gasteiger partial charge in [-0.2, -0.15) is 5.10 Å². The van der Waals surface area contributed by atoms with Crippen LogP contribution in [0.15, 0.2) is 70.2 Å². The predicted octanol–water partition coefficient (Wildman–Crippen LogP) is 7.65.